The summed E-state index contributed by atoms with van der Waals surface area (Å²) in [6.45, 7) is 3.37. The molecule has 1 saturated heterocycles. The van der Waals surface area contributed by atoms with Gasteiger partial charge in [-0.3, -0.25) is 4.79 Å². The fourth-order valence-electron chi connectivity index (χ4n) is 2.11. The molecule has 6 heteroatoms. The van der Waals surface area contributed by atoms with Crippen molar-refractivity contribution in [2.45, 2.75) is 38.9 Å². The molecule has 0 bridgehead atoms. The molecule has 0 spiro atoms. The molecule has 1 fully saturated rings. The van der Waals surface area contributed by atoms with Crippen molar-refractivity contribution in [3.05, 3.63) is 0 Å². The average molecular weight is 251 g/mol. The molecule has 0 aromatic rings. The lowest BCUT2D eigenvalue weighted by Gasteiger charge is -2.20. The van der Waals surface area contributed by atoms with Gasteiger partial charge in [0.2, 0.25) is 5.91 Å². The third kappa shape index (κ3) is 3.35. The monoisotopic (exact) mass is 251 g/mol. The summed E-state index contributed by atoms with van der Waals surface area (Å²) in [5.41, 5.74) is 0. The number of amides is 1. The van der Waals surface area contributed by atoms with Crippen LogP contribution in [0.5, 0.6) is 0 Å². The Labute approximate surface area is 99.3 Å². The Morgan fingerprint density at radius 2 is 1.94 bits per heavy atom. The molecule has 0 saturated carbocycles. The number of hydrogen-bond donors (Lipinski definition) is 2. The number of aliphatic hydroxyl groups excluding tert-OH is 1. The van der Waals surface area contributed by atoms with Crippen molar-refractivity contribution >= 4 is 5.91 Å². The van der Waals surface area contributed by atoms with Gasteiger partial charge in [-0.25, -0.2) is 8.78 Å². The highest BCUT2D eigenvalue weighted by Gasteiger charge is 2.42. The SMILES string of the molecule is CC1OC(C)C(C(=O)NCC(F)(F)CO)C1C. The van der Waals surface area contributed by atoms with Crippen molar-refractivity contribution in [2.24, 2.45) is 11.8 Å². The Bertz CT molecular complexity index is 286. The third-order valence-electron chi connectivity index (χ3n) is 3.30. The second kappa shape index (κ2) is 5.27. The van der Waals surface area contributed by atoms with Gasteiger partial charge in [-0.2, -0.15) is 0 Å². The molecule has 0 aromatic heterocycles. The van der Waals surface area contributed by atoms with E-state index in [9.17, 15) is 13.6 Å². The van der Waals surface area contributed by atoms with Crippen molar-refractivity contribution in [1.29, 1.82) is 0 Å². The zero-order valence-electron chi connectivity index (χ0n) is 10.2. The first-order chi connectivity index (χ1) is 7.78. The van der Waals surface area contributed by atoms with E-state index < -0.39 is 30.9 Å². The minimum atomic E-state index is -3.27. The summed E-state index contributed by atoms with van der Waals surface area (Å²) in [7, 11) is 0. The second-order valence-corrected chi connectivity index (χ2v) is 4.66. The Kier molecular flexibility index (Phi) is 4.43. The number of alkyl halides is 2. The quantitative estimate of drug-likeness (QED) is 0.776. The number of hydrogen-bond acceptors (Lipinski definition) is 3. The molecule has 0 aromatic carbocycles. The Balaban J connectivity index is 2.53. The van der Waals surface area contributed by atoms with Gasteiger partial charge in [0.25, 0.3) is 5.92 Å². The van der Waals surface area contributed by atoms with Crippen LogP contribution in [0.15, 0.2) is 0 Å². The lowest BCUT2D eigenvalue weighted by Crippen LogP contribution is -2.44. The van der Waals surface area contributed by atoms with Crippen LogP contribution in [0.4, 0.5) is 8.78 Å². The van der Waals surface area contributed by atoms with Crippen LogP contribution in [0, 0.1) is 11.8 Å². The van der Waals surface area contributed by atoms with Crippen LogP contribution in [0.3, 0.4) is 0 Å². The molecule has 100 valence electrons. The van der Waals surface area contributed by atoms with E-state index in [-0.39, 0.29) is 18.1 Å². The topological polar surface area (TPSA) is 58.6 Å². The van der Waals surface area contributed by atoms with Crippen LogP contribution >= 0.6 is 0 Å². The lowest BCUT2D eigenvalue weighted by atomic mass is 9.89. The Hall–Kier alpha value is -0.750. The summed E-state index contributed by atoms with van der Waals surface area (Å²) in [5, 5.41) is 10.6. The first-order valence-corrected chi connectivity index (χ1v) is 5.70. The number of nitrogens with one attached hydrogen (secondary N) is 1. The molecule has 4 atom stereocenters. The van der Waals surface area contributed by atoms with E-state index in [0.717, 1.165) is 0 Å². The zero-order valence-corrected chi connectivity index (χ0v) is 10.2. The average Bonchev–Trinajstić information content (AvgIpc) is 2.50. The van der Waals surface area contributed by atoms with Crippen LogP contribution in [0.2, 0.25) is 0 Å². The summed E-state index contributed by atoms with van der Waals surface area (Å²) < 4.78 is 31.0. The number of carbonyl (C=O) groups excluding carboxylic acids is 1. The summed E-state index contributed by atoms with van der Waals surface area (Å²) >= 11 is 0. The van der Waals surface area contributed by atoms with Gasteiger partial charge in [-0.15, -0.1) is 0 Å². The maximum absolute atomic E-state index is 12.8. The molecule has 1 aliphatic rings. The van der Waals surface area contributed by atoms with Crippen LogP contribution < -0.4 is 5.32 Å². The number of ether oxygens (including phenoxy) is 1. The first-order valence-electron chi connectivity index (χ1n) is 5.70. The normalized spacial score (nSPS) is 33.8. The van der Waals surface area contributed by atoms with Crippen molar-refractivity contribution in [2.75, 3.05) is 13.2 Å². The van der Waals surface area contributed by atoms with E-state index in [1.165, 1.54) is 0 Å². The van der Waals surface area contributed by atoms with Gasteiger partial charge in [0.1, 0.15) is 6.61 Å². The summed E-state index contributed by atoms with van der Waals surface area (Å²) in [6, 6.07) is 0. The maximum atomic E-state index is 12.8. The molecule has 1 amide bonds. The number of halogens is 2. The van der Waals surface area contributed by atoms with Gasteiger partial charge < -0.3 is 15.2 Å². The van der Waals surface area contributed by atoms with Crippen LogP contribution in [-0.4, -0.2) is 42.3 Å². The van der Waals surface area contributed by atoms with Gasteiger partial charge in [0.15, 0.2) is 0 Å². The molecule has 2 N–H and O–H groups in total. The molecule has 4 nitrogen and oxygen atoms in total. The molecule has 0 aliphatic carbocycles. The molecule has 1 heterocycles. The van der Waals surface area contributed by atoms with Crippen molar-refractivity contribution in [3.63, 3.8) is 0 Å². The van der Waals surface area contributed by atoms with Gasteiger partial charge in [0.05, 0.1) is 24.7 Å². The van der Waals surface area contributed by atoms with E-state index in [1.807, 2.05) is 13.8 Å². The number of carbonyl (C=O) groups is 1. The molecule has 1 aliphatic heterocycles. The second-order valence-electron chi connectivity index (χ2n) is 4.66. The molecule has 17 heavy (non-hydrogen) atoms. The van der Waals surface area contributed by atoms with Gasteiger partial charge in [0, 0.05) is 0 Å². The fraction of sp³-hybridized carbons (Fsp3) is 0.909. The summed E-state index contributed by atoms with van der Waals surface area (Å²) in [6.07, 6.45) is -0.332. The van der Waals surface area contributed by atoms with Crippen LogP contribution in [0.25, 0.3) is 0 Å². The van der Waals surface area contributed by atoms with Gasteiger partial charge >= 0.3 is 0 Å². The van der Waals surface area contributed by atoms with E-state index >= 15 is 0 Å². The highest BCUT2D eigenvalue weighted by atomic mass is 19.3. The molecule has 0 radical (unpaired) electrons. The molecule has 4 unspecified atom stereocenters. The smallest absolute Gasteiger partial charge is 0.287 e. The van der Waals surface area contributed by atoms with Gasteiger partial charge in [-0.1, -0.05) is 6.92 Å². The maximum Gasteiger partial charge on any atom is 0.287 e. The number of rotatable bonds is 4. The van der Waals surface area contributed by atoms with E-state index in [4.69, 9.17) is 9.84 Å². The Morgan fingerprint density at radius 1 is 1.35 bits per heavy atom. The molecular formula is C11H19F2NO3. The van der Waals surface area contributed by atoms with Gasteiger partial charge in [-0.05, 0) is 19.8 Å². The van der Waals surface area contributed by atoms with Crippen LogP contribution in [-0.2, 0) is 9.53 Å². The standard InChI is InChI=1S/C11H19F2NO3/c1-6-7(2)17-8(3)9(6)10(16)14-4-11(12,13)5-15/h6-9,15H,4-5H2,1-3H3,(H,14,16). The molecular weight excluding hydrogens is 232 g/mol. The lowest BCUT2D eigenvalue weighted by molar-refractivity contribution is -0.130. The predicted molar refractivity (Wildman–Crippen MR) is 57.7 cm³/mol. The van der Waals surface area contributed by atoms with E-state index in [2.05, 4.69) is 5.32 Å². The minimum absolute atomic E-state index is 0.00671. The predicted octanol–water partition coefficient (Wildman–Crippen LogP) is 0.790. The highest BCUT2D eigenvalue weighted by molar-refractivity contribution is 5.80. The van der Waals surface area contributed by atoms with E-state index in [0.29, 0.717) is 0 Å². The van der Waals surface area contributed by atoms with Crippen molar-refractivity contribution in [3.8, 4) is 0 Å². The first kappa shape index (κ1) is 14.3. The Morgan fingerprint density at radius 3 is 2.35 bits per heavy atom. The minimum Gasteiger partial charge on any atom is -0.390 e. The van der Waals surface area contributed by atoms with Crippen LogP contribution in [0.1, 0.15) is 20.8 Å². The summed E-state index contributed by atoms with van der Waals surface area (Å²) in [5.74, 6) is -4.14. The third-order valence-corrected chi connectivity index (χ3v) is 3.30. The number of aliphatic hydroxyl groups is 1. The van der Waals surface area contributed by atoms with Crippen molar-refractivity contribution < 1.29 is 23.4 Å². The largest absolute Gasteiger partial charge is 0.390 e. The fourth-order valence-corrected chi connectivity index (χ4v) is 2.11. The highest BCUT2D eigenvalue weighted by Crippen LogP contribution is 2.32. The van der Waals surface area contributed by atoms with E-state index in [1.54, 1.807) is 6.92 Å². The van der Waals surface area contributed by atoms with Crippen molar-refractivity contribution in [1.82, 2.24) is 5.32 Å². The zero-order chi connectivity index (χ0) is 13.2. The summed E-state index contributed by atoms with van der Waals surface area (Å²) in [4.78, 5) is 11.8. The molecule has 1 rings (SSSR count).